The molecule has 94 valence electrons. The van der Waals surface area contributed by atoms with Gasteiger partial charge in [0.25, 0.3) is 0 Å². The van der Waals surface area contributed by atoms with E-state index in [1.165, 1.54) is 37.2 Å². The third kappa shape index (κ3) is 3.19. The van der Waals surface area contributed by atoms with Crippen LogP contribution in [0.2, 0.25) is 0 Å². The second kappa shape index (κ2) is 6.01. The predicted octanol–water partition coefficient (Wildman–Crippen LogP) is 2.89. The highest BCUT2D eigenvalue weighted by Gasteiger charge is 2.22. The van der Waals surface area contributed by atoms with Crippen molar-refractivity contribution in [2.45, 2.75) is 45.7 Å². The Morgan fingerprint density at radius 1 is 1.47 bits per heavy atom. The number of hydrogen-bond donors (Lipinski definition) is 1. The summed E-state index contributed by atoms with van der Waals surface area (Å²) in [5.74, 6) is 0. The van der Waals surface area contributed by atoms with Gasteiger partial charge in [0.2, 0.25) is 0 Å². The Labute approximate surface area is 104 Å². The van der Waals surface area contributed by atoms with Crippen molar-refractivity contribution in [1.29, 1.82) is 0 Å². The van der Waals surface area contributed by atoms with Crippen LogP contribution in [-0.2, 0) is 6.54 Å². The maximum atomic E-state index is 4.47. The predicted molar refractivity (Wildman–Crippen MR) is 72.1 cm³/mol. The van der Waals surface area contributed by atoms with Crippen LogP contribution in [0.3, 0.4) is 0 Å². The zero-order chi connectivity index (χ0) is 12.1. The van der Waals surface area contributed by atoms with Crippen molar-refractivity contribution in [1.82, 2.24) is 9.88 Å². The Morgan fingerprint density at radius 3 is 3.12 bits per heavy atom. The average molecular weight is 233 g/mol. The second-order valence-corrected chi connectivity index (χ2v) is 4.74. The standard InChI is InChI=1S/C14H23N3/c1-3-14-6-5-9-17(14)11-13-10-12(15-4-2)7-8-16-13/h7-8,10,14H,3-6,9,11H2,1-2H3,(H,15,16). The molecule has 17 heavy (non-hydrogen) atoms. The fourth-order valence-corrected chi connectivity index (χ4v) is 2.65. The number of anilines is 1. The van der Waals surface area contributed by atoms with Gasteiger partial charge in [-0.2, -0.15) is 0 Å². The quantitative estimate of drug-likeness (QED) is 0.847. The zero-order valence-electron chi connectivity index (χ0n) is 10.9. The first-order valence-corrected chi connectivity index (χ1v) is 6.76. The van der Waals surface area contributed by atoms with Gasteiger partial charge in [-0.15, -0.1) is 0 Å². The van der Waals surface area contributed by atoms with Crippen LogP contribution in [-0.4, -0.2) is 29.0 Å². The number of pyridine rings is 1. The van der Waals surface area contributed by atoms with E-state index in [-0.39, 0.29) is 0 Å². The monoisotopic (exact) mass is 233 g/mol. The van der Waals surface area contributed by atoms with Crippen molar-refractivity contribution in [3.05, 3.63) is 24.0 Å². The fraction of sp³-hybridized carbons (Fsp3) is 0.643. The molecule has 1 saturated heterocycles. The molecule has 0 amide bonds. The van der Waals surface area contributed by atoms with Crippen LogP contribution in [0.15, 0.2) is 18.3 Å². The fourth-order valence-electron chi connectivity index (χ4n) is 2.65. The first kappa shape index (κ1) is 12.4. The van der Waals surface area contributed by atoms with E-state index in [4.69, 9.17) is 0 Å². The van der Waals surface area contributed by atoms with Crippen LogP contribution in [0.4, 0.5) is 5.69 Å². The van der Waals surface area contributed by atoms with Gasteiger partial charge in [0, 0.05) is 31.0 Å². The molecule has 0 saturated carbocycles. The Kier molecular flexibility index (Phi) is 4.37. The van der Waals surface area contributed by atoms with Gasteiger partial charge in [-0.05, 0) is 44.9 Å². The Hall–Kier alpha value is -1.09. The van der Waals surface area contributed by atoms with E-state index in [0.29, 0.717) is 0 Å². The Bertz CT molecular complexity index is 351. The van der Waals surface area contributed by atoms with E-state index in [2.05, 4.69) is 35.1 Å². The van der Waals surface area contributed by atoms with Crippen LogP contribution in [0.25, 0.3) is 0 Å². The lowest BCUT2D eigenvalue weighted by molar-refractivity contribution is 0.237. The van der Waals surface area contributed by atoms with Crippen molar-refractivity contribution < 1.29 is 0 Å². The molecule has 0 radical (unpaired) electrons. The summed E-state index contributed by atoms with van der Waals surface area (Å²) in [6.07, 6.45) is 5.85. The van der Waals surface area contributed by atoms with E-state index in [1.807, 2.05) is 12.3 Å². The molecule has 1 unspecified atom stereocenters. The molecule has 1 fully saturated rings. The van der Waals surface area contributed by atoms with Crippen LogP contribution < -0.4 is 5.32 Å². The molecule has 2 rings (SSSR count). The molecule has 0 aromatic carbocycles. The highest BCUT2D eigenvalue weighted by Crippen LogP contribution is 2.22. The summed E-state index contributed by atoms with van der Waals surface area (Å²) in [5, 5.41) is 3.34. The van der Waals surface area contributed by atoms with Gasteiger partial charge < -0.3 is 5.32 Å². The van der Waals surface area contributed by atoms with Gasteiger partial charge in [-0.3, -0.25) is 9.88 Å². The number of aromatic nitrogens is 1. The van der Waals surface area contributed by atoms with E-state index in [1.54, 1.807) is 0 Å². The van der Waals surface area contributed by atoms with Gasteiger partial charge in [0.05, 0.1) is 5.69 Å². The van der Waals surface area contributed by atoms with Gasteiger partial charge in [0.1, 0.15) is 0 Å². The second-order valence-electron chi connectivity index (χ2n) is 4.74. The first-order chi connectivity index (χ1) is 8.33. The summed E-state index contributed by atoms with van der Waals surface area (Å²) in [7, 11) is 0. The number of nitrogens with zero attached hydrogens (tertiary/aromatic N) is 2. The number of rotatable bonds is 5. The third-order valence-corrected chi connectivity index (χ3v) is 3.53. The zero-order valence-corrected chi connectivity index (χ0v) is 10.9. The molecular formula is C14H23N3. The topological polar surface area (TPSA) is 28.2 Å². The third-order valence-electron chi connectivity index (χ3n) is 3.53. The molecule has 1 N–H and O–H groups in total. The van der Waals surface area contributed by atoms with Crippen LogP contribution in [0, 0.1) is 0 Å². The maximum absolute atomic E-state index is 4.47. The highest BCUT2D eigenvalue weighted by molar-refractivity contribution is 5.42. The lowest BCUT2D eigenvalue weighted by Gasteiger charge is -2.22. The van der Waals surface area contributed by atoms with E-state index in [9.17, 15) is 0 Å². The Morgan fingerprint density at radius 2 is 2.35 bits per heavy atom. The minimum Gasteiger partial charge on any atom is -0.385 e. The van der Waals surface area contributed by atoms with Crippen LogP contribution in [0.1, 0.15) is 38.8 Å². The summed E-state index contributed by atoms with van der Waals surface area (Å²) in [6.45, 7) is 7.59. The molecule has 1 aromatic heterocycles. The smallest absolute Gasteiger partial charge is 0.0564 e. The lowest BCUT2D eigenvalue weighted by Crippen LogP contribution is -2.28. The molecule has 1 aromatic rings. The lowest BCUT2D eigenvalue weighted by atomic mass is 10.1. The average Bonchev–Trinajstić information content (AvgIpc) is 2.77. The molecule has 3 nitrogen and oxygen atoms in total. The molecule has 1 aliphatic heterocycles. The van der Waals surface area contributed by atoms with Gasteiger partial charge in [0.15, 0.2) is 0 Å². The molecule has 3 heteroatoms. The van der Waals surface area contributed by atoms with Gasteiger partial charge in [-0.25, -0.2) is 0 Å². The van der Waals surface area contributed by atoms with Crippen molar-refractivity contribution in [3.8, 4) is 0 Å². The van der Waals surface area contributed by atoms with Crippen molar-refractivity contribution in [2.75, 3.05) is 18.4 Å². The largest absolute Gasteiger partial charge is 0.385 e. The maximum Gasteiger partial charge on any atom is 0.0564 e. The van der Waals surface area contributed by atoms with Crippen LogP contribution in [0.5, 0.6) is 0 Å². The molecule has 1 aliphatic rings. The van der Waals surface area contributed by atoms with E-state index >= 15 is 0 Å². The molecular weight excluding hydrogens is 210 g/mol. The first-order valence-electron chi connectivity index (χ1n) is 6.76. The Balaban J connectivity index is 2.00. The minimum atomic E-state index is 0.764. The van der Waals surface area contributed by atoms with Crippen LogP contribution >= 0.6 is 0 Å². The number of hydrogen-bond acceptors (Lipinski definition) is 3. The van der Waals surface area contributed by atoms with Gasteiger partial charge in [-0.1, -0.05) is 6.92 Å². The summed E-state index contributed by atoms with van der Waals surface area (Å²) < 4.78 is 0. The molecule has 0 spiro atoms. The van der Waals surface area contributed by atoms with Gasteiger partial charge >= 0.3 is 0 Å². The summed E-state index contributed by atoms with van der Waals surface area (Å²) in [6, 6.07) is 4.97. The molecule has 0 bridgehead atoms. The van der Waals surface area contributed by atoms with E-state index < -0.39 is 0 Å². The highest BCUT2D eigenvalue weighted by atomic mass is 15.2. The number of likely N-dealkylation sites (tertiary alicyclic amines) is 1. The SMILES string of the molecule is CCNc1ccnc(CN2CCCC2CC)c1. The molecule has 2 heterocycles. The summed E-state index contributed by atoms with van der Waals surface area (Å²) in [5.41, 5.74) is 2.37. The summed E-state index contributed by atoms with van der Waals surface area (Å²) >= 11 is 0. The normalized spacial score (nSPS) is 20.7. The summed E-state index contributed by atoms with van der Waals surface area (Å²) in [4.78, 5) is 7.04. The van der Waals surface area contributed by atoms with E-state index in [0.717, 1.165) is 19.1 Å². The van der Waals surface area contributed by atoms with Crippen molar-refractivity contribution >= 4 is 5.69 Å². The van der Waals surface area contributed by atoms with Crippen molar-refractivity contribution in [2.24, 2.45) is 0 Å². The minimum absolute atomic E-state index is 0.764. The van der Waals surface area contributed by atoms with Crippen molar-refractivity contribution in [3.63, 3.8) is 0 Å². The number of nitrogens with one attached hydrogen (secondary N) is 1. The molecule has 0 aliphatic carbocycles. The molecule has 1 atom stereocenters.